The Morgan fingerprint density at radius 1 is 0.306 bits per heavy atom. The molecular weight excluding hydrogens is 595 g/mol. The first-order valence-corrected chi connectivity index (χ1v) is 16.7. The molecule has 3 nitrogen and oxygen atoms in total. The van der Waals surface area contributed by atoms with E-state index in [1.807, 2.05) is 18.2 Å². The molecule has 8 aromatic carbocycles. The van der Waals surface area contributed by atoms with Gasteiger partial charge in [0.05, 0.1) is 0 Å². The Bertz CT molecular complexity index is 2710. The van der Waals surface area contributed by atoms with Crippen LogP contribution in [-0.4, -0.2) is 15.0 Å². The molecule has 1 heterocycles. The summed E-state index contributed by atoms with van der Waals surface area (Å²) >= 11 is 0. The Hall–Kier alpha value is -6.45. The van der Waals surface area contributed by atoms with Gasteiger partial charge in [-0.3, -0.25) is 0 Å². The van der Waals surface area contributed by atoms with Crippen LogP contribution in [0, 0.1) is 0 Å². The molecule has 9 aromatic rings. The van der Waals surface area contributed by atoms with Crippen molar-refractivity contribution in [1.29, 1.82) is 0 Å². The fourth-order valence-electron chi connectivity index (χ4n) is 7.65. The third-order valence-electron chi connectivity index (χ3n) is 9.95. The Morgan fingerprint density at radius 2 is 0.796 bits per heavy atom. The van der Waals surface area contributed by atoms with Gasteiger partial charge in [-0.05, 0) is 84.3 Å². The first-order chi connectivity index (χ1) is 24.3. The van der Waals surface area contributed by atoms with E-state index in [0.29, 0.717) is 17.5 Å². The zero-order valence-electron chi connectivity index (χ0n) is 26.6. The van der Waals surface area contributed by atoms with Gasteiger partial charge in [-0.2, -0.15) is 0 Å². The van der Waals surface area contributed by atoms with Crippen LogP contribution < -0.4 is 0 Å². The molecule has 0 radical (unpaired) electrons. The maximum Gasteiger partial charge on any atom is 0.164 e. The quantitative estimate of drug-likeness (QED) is 0.183. The molecule has 0 atom stereocenters. The van der Waals surface area contributed by atoms with Gasteiger partial charge in [0.15, 0.2) is 17.5 Å². The van der Waals surface area contributed by atoms with E-state index in [2.05, 4.69) is 146 Å². The molecule has 0 saturated heterocycles. The van der Waals surface area contributed by atoms with Gasteiger partial charge in [-0.1, -0.05) is 152 Å². The van der Waals surface area contributed by atoms with Crippen molar-refractivity contribution in [3.8, 4) is 56.4 Å². The minimum atomic E-state index is 0.657. The normalized spacial score (nSPS) is 12.0. The Kier molecular flexibility index (Phi) is 6.25. The summed E-state index contributed by atoms with van der Waals surface area (Å²) in [5.41, 5.74) is 10.7. The fourth-order valence-corrected chi connectivity index (χ4v) is 7.65. The summed E-state index contributed by atoms with van der Waals surface area (Å²) in [7, 11) is 0. The van der Waals surface area contributed by atoms with Gasteiger partial charge in [0.25, 0.3) is 0 Å². The van der Waals surface area contributed by atoms with Crippen molar-refractivity contribution in [2.45, 2.75) is 6.42 Å². The van der Waals surface area contributed by atoms with Crippen LogP contribution in [0.1, 0.15) is 11.1 Å². The molecule has 0 unspecified atom stereocenters. The van der Waals surface area contributed by atoms with Crippen LogP contribution in [0.3, 0.4) is 0 Å². The summed E-state index contributed by atoms with van der Waals surface area (Å²) in [5.74, 6) is 1.97. The van der Waals surface area contributed by atoms with E-state index in [1.165, 1.54) is 60.1 Å². The summed E-state index contributed by atoms with van der Waals surface area (Å²) in [5, 5.41) is 7.39. The van der Waals surface area contributed by atoms with Gasteiger partial charge < -0.3 is 0 Å². The van der Waals surface area contributed by atoms with Gasteiger partial charge in [0.1, 0.15) is 0 Å². The van der Waals surface area contributed by atoms with Gasteiger partial charge in [0, 0.05) is 16.7 Å². The van der Waals surface area contributed by atoms with Crippen molar-refractivity contribution >= 4 is 32.3 Å². The average molecular weight is 624 g/mol. The van der Waals surface area contributed by atoms with Crippen LogP contribution in [-0.2, 0) is 6.42 Å². The molecule has 49 heavy (non-hydrogen) atoms. The third-order valence-corrected chi connectivity index (χ3v) is 9.95. The highest BCUT2D eigenvalue weighted by Gasteiger charge is 2.22. The molecular formula is C46H29N3. The fraction of sp³-hybridized carbons (Fsp3) is 0.0217. The van der Waals surface area contributed by atoms with E-state index in [4.69, 9.17) is 15.0 Å². The standard InChI is InChI=1S/C46H29N3/c1-2-12-29(13-3-1)44-47-45(32-16-10-15-30(26-32)35-22-11-23-36-34-17-5-4-14-31(34)27-42(35)36)49-46(48-44)33-24-25-41-39-20-7-6-18-37(39)38-19-8-9-21-40(38)43(41)28-33/h1-26,28H,27H2. The predicted molar refractivity (Wildman–Crippen MR) is 202 cm³/mol. The van der Waals surface area contributed by atoms with Crippen LogP contribution in [0.25, 0.3) is 88.7 Å². The van der Waals surface area contributed by atoms with Gasteiger partial charge >= 0.3 is 0 Å². The zero-order valence-corrected chi connectivity index (χ0v) is 26.6. The smallest absolute Gasteiger partial charge is 0.164 e. The van der Waals surface area contributed by atoms with Crippen LogP contribution in [0.15, 0.2) is 164 Å². The topological polar surface area (TPSA) is 38.7 Å². The lowest BCUT2D eigenvalue weighted by atomic mass is 9.93. The molecule has 0 bridgehead atoms. The summed E-state index contributed by atoms with van der Waals surface area (Å²) in [6.07, 6.45) is 0.936. The maximum absolute atomic E-state index is 5.17. The van der Waals surface area contributed by atoms with Crippen molar-refractivity contribution < 1.29 is 0 Å². The molecule has 10 rings (SSSR count). The molecule has 0 fully saturated rings. The number of hydrogen-bond acceptors (Lipinski definition) is 3. The van der Waals surface area contributed by atoms with E-state index < -0.39 is 0 Å². The minimum Gasteiger partial charge on any atom is -0.208 e. The lowest BCUT2D eigenvalue weighted by molar-refractivity contribution is 1.07. The molecule has 0 spiro atoms. The predicted octanol–water partition coefficient (Wildman–Crippen LogP) is 11.6. The highest BCUT2D eigenvalue weighted by Crippen LogP contribution is 2.42. The number of rotatable bonds is 4. The van der Waals surface area contributed by atoms with Gasteiger partial charge in [-0.15, -0.1) is 0 Å². The second-order valence-electron chi connectivity index (χ2n) is 12.8. The Labute approximate surface area is 284 Å². The lowest BCUT2D eigenvalue weighted by Crippen LogP contribution is -2.00. The molecule has 228 valence electrons. The second kappa shape index (κ2) is 11.1. The summed E-state index contributed by atoms with van der Waals surface area (Å²) in [4.78, 5) is 15.3. The van der Waals surface area contributed by atoms with Crippen molar-refractivity contribution in [1.82, 2.24) is 15.0 Å². The van der Waals surface area contributed by atoms with Crippen molar-refractivity contribution in [2.24, 2.45) is 0 Å². The van der Waals surface area contributed by atoms with Crippen LogP contribution in [0.4, 0.5) is 0 Å². The average Bonchev–Trinajstić information content (AvgIpc) is 3.57. The number of hydrogen-bond donors (Lipinski definition) is 0. The number of benzene rings is 8. The van der Waals surface area contributed by atoms with E-state index in [0.717, 1.165) is 28.7 Å². The van der Waals surface area contributed by atoms with Crippen molar-refractivity contribution in [3.63, 3.8) is 0 Å². The first kappa shape index (κ1) is 27.6. The summed E-state index contributed by atoms with van der Waals surface area (Å²) in [6, 6.07) is 58.2. The molecule has 1 aliphatic rings. The first-order valence-electron chi connectivity index (χ1n) is 16.7. The molecule has 1 aromatic heterocycles. The van der Waals surface area contributed by atoms with Crippen LogP contribution >= 0.6 is 0 Å². The SMILES string of the molecule is c1ccc(-c2nc(-c3cccc(-c4cccc5c4Cc4ccccc4-5)c3)nc(-c3ccc4c5ccccc5c5ccccc5c4c3)n2)cc1. The number of aromatic nitrogens is 3. The maximum atomic E-state index is 5.17. The van der Waals surface area contributed by atoms with Gasteiger partial charge in [-0.25, -0.2) is 15.0 Å². The van der Waals surface area contributed by atoms with E-state index in [1.54, 1.807) is 0 Å². The second-order valence-corrected chi connectivity index (χ2v) is 12.8. The zero-order chi connectivity index (χ0) is 32.3. The lowest BCUT2D eigenvalue weighted by Gasteiger charge is -2.13. The Morgan fingerprint density at radius 3 is 1.53 bits per heavy atom. The highest BCUT2D eigenvalue weighted by atomic mass is 15.0. The summed E-state index contributed by atoms with van der Waals surface area (Å²) < 4.78 is 0. The molecule has 0 N–H and O–H groups in total. The van der Waals surface area contributed by atoms with Gasteiger partial charge in [0.2, 0.25) is 0 Å². The van der Waals surface area contributed by atoms with E-state index in [9.17, 15) is 0 Å². The highest BCUT2D eigenvalue weighted by molar-refractivity contribution is 6.25. The third kappa shape index (κ3) is 4.55. The van der Waals surface area contributed by atoms with E-state index >= 15 is 0 Å². The van der Waals surface area contributed by atoms with Crippen LogP contribution in [0.2, 0.25) is 0 Å². The van der Waals surface area contributed by atoms with Crippen molar-refractivity contribution in [2.75, 3.05) is 0 Å². The molecule has 0 aliphatic heterocycles. The largest absolute Gasteiger partial charge is 0.208 e. The monoisotopic (exact) mass is 623 g/mol. The minimum absolute atomic E-state index is 0.657. The van der Waals surface area contributed by atoms with Crippen LogP contribution in [0.5, 0.6) is 0 Å². The molecule has 1 aliphatic carbocycles. The Balaban J connectivity index is 1.15. The number of fused-ring (bicyclic) bond motifs is 9. The molecule has 0 saturated carbocycles. The molecule has 0 amide bonds. The number of nitrogens with zero attached hydrogens (tertiary/aromatic N) is 3. The molecule has 3 heteroatoms. The van der Waals surface area contributed by atoms with E-state index in [-0.39, 0.29) is 0 Å². The summed E-state index contributed by atoms with van der Waals surface area (Å²) in [6.45, 7) is 0. The van der Waals surface area contributed by atoms with Crippen molar-refractivity contribution in [3.05, 3.63) is 175 Å².